The number of nitrogens with one attached hydrogen (secondary N) is 14. The van der Waals surface area contributed by atoms with Crippen molar-refractivity contribution in [3.05, 3.63) is 234 Å². The summed E-state index contributed by atoms with van der Waals surface area (Å²) in [6.07, 6.45) is -0.919. The van der Waals surface area contributed by atoms with Crippen molar-refractivity contribution in [2.75, 3.05) is 119 Å². The lowest BCUT2D eigenvalue weighted by Crippen LogP contribution is -2.51. The van der Waals surface area contributed by atoms with Crippen LogP contribution in [0.5, 0.6) is 0 Å². The topological polar surface area (TPSA) is 467 Å². The highest BCUT2D eigenvalue weighted by molar-refractivity contribution is 6.33. The Morgan fingerprint density at radius 3 is 0.979 bits per heavy atom. The zero-order valence-electron chi connectivity index (χ0n) is 82.7. The molecule has 0 bridgehead atoms. The van der Waals surface area contributed by atoms with E-state index in [1.807, 2.05) is 330 Å². The van der Waals surface area contributed by atoms with Crippen LogP contribution in [-0.4, -0.2) is 248 Å². The molecule has 0 saturated heterocycles. The van der Waals surface area contributed by atoms with Gasteiger partial charge in [-0.05, 0) is 257 Å². The fourth-order valence-electron chi connectivity index (χ4n) is 12.8. The fraction of sp³-hybridized carbons (Fsp3) is 0.319. The Bertz CT molecular complexity index is 6000. The Morgan fingerprint density at radius 2 is 0.606 bits per heavy atom. The molecule has 20 N–H and O–H groups in total. The maximum atomic E-state index is 5.93. The van der Waals surface area contributed by atoms with Gasteiger partial charge in [-0.1, -0.05) is 98.9 Å². The number of benzene rings is 8. The van der Waals surface area contributed by atoms with Gasteiger partial charge in [0.1, 0.15) is 49.3 Å². The van der Waals surface area contributed by atoms with Crippen molar-refractivity contribution in [2.45, 2.75) is 125 Å². The number of rotatable bonds is 9. The van der Waals surface area contributed by atoms with E-state index in [4.69, 9.17) is 110 Å². The lowest BCUT2D eigenvalue weighted by Gasteiger charge is -2.35. The fourth-order valence-corrected chi connectivity index (χ4v) is 13.8. The second kappa shape index (κ2) is 54.7. The van der Waals surface area contributed by atoms with Crippen LogP contribution in [0.2, 0.25) is 40.2 Å². The Kier molecular flexibility index (Phi) is 43.0. The van der Waals surface area contributed by atoms with Crippen molar-refractivity contribution >= 4 is 234 Å². The Balaban J connectivity index is 0.000000181. The summed E-state index contributed by atoms with van der Waals surface area (Å²) in [5, 5.41) is 48.8. The Hall–Kier alpha value is -14.0. The molecule has 0 aromatic heterocycles. The highest BCUT2D eigenvalue weighted by atomic mass is 35.5. The molecule has 142 heavy (non-hydrogen) atoms. The number of nitrogens with two attached hydrogens (primary N) is 3. The minimum atomic E-state index is -0.178. The quantitative estimate of drug-likeness (QED) is 0.0638. The van der Waals surface area contributed by atoms with Gasteiger partial charge in [0.25, 0.3) is 0 Å². The highest BCUT2D eigenvalue weighted by Gasteiger charge is 2.27. The summed E-state index contributed by atoms with van der Waals surface area (Å²) < 4.78 is 0. The molecule has 16 rings (SSSR count). The van der Waals surface area contributed by atoms with Gasteiger partial charge in [-0.15, -0.1) is 0 Å². The number of aliphatic imine (C=N–C) groups is 16. The van der Waals surface area contributed by atoms with Gasteiger partial charge in [0.15, 0.2) is 29.8 Å². The van der Waals surface area contributed by atoms with Crippen LogP contribution in [0.3, 0.4) is 0 Å². The van der Waals surface area contributed by atoms with Crippen LogP contribution >= 0.6 is 92.8 Å². The minimum Gasteiger partial charge on any atom is -0.370 e. The standard InChI is InChI=1S/C14H20ClN5.2C13H18ClN5.C12H16ClN5.2C11H14ClN5.2C10H12ClN5/c1-10-16-13(18(2)3)20(5)14(17-10)19(4)12-8-6-11(15)7-9-12;1-9-15-12(18(2)3)17-13(16-9)19(4)11-7-5-10(14)6-8-11;1-8(2)15-12-16-9(3)17-13(19-12)18-11-6-4-10(14)5-7-11;1-8-14-11(17-12(15-8)18(2)3)16-10-6-4-9(13)5-7-10;1-7-14-10(13)16-11(15-7)17(2)9-5-3-8(12)4-6-9;1-7-14-10(13-2)17-11(15-7)16-9-5-3-8(12)4-6-9;1-6-13-9(12)16-10(14-6)15-8-4-2-7(11)3-5-8;1-6-13-9(12)16-10(14-6)15-8-4-2-3-7(11)5-8/h6-10H,1-5H3;5-9H,1-4H3,(H,15,16,17);4-9H,1-3H3,(H3,15,16,17,18,19);4-8H,1-3H3,(H2,14,15,16,17);3-7H,1-2H3,(H3,13,14,15,16);3-7H,1-2H3,(H3,13,14,15,16,17);2*2-6H,1H3,(H4,12,13,14,15,16). The summed E-state index contributed by atoms with van der Waals surface area (Å²) in [5.41, 5.74) is 24.4. The zero-order chi connectivity index (χ0) is 104. The van der Waals surface area contributed by atoms with E-state index in [-0.39, 0.29) is 49.3 Å². The molecule has 8 aliphatic heterocycles. The third-order valence-electron chi connectivity index (χ3n) is 19.3. The second-order valence-corrected chi connectivity index (χ2v) is 36.1. The van der Waals surface area contributed by atoms with Gasteiger partial charge in [0.05, 0.1) is 0 Å². The first-order chi connectivity index (χ1) is 67.4. The predicted molar refractivity (Wildman–Crippen MR) is 600 cm³/mol. The molecule has 8 atom stereocenters. The van der Waals surface area contributed by atoms with Crippen molar-refractivity contribution in [3.63, 3.8) is 0 Å². The Morgan fingerprint density at radius 1 is 0.303 bits per heavy atom. The van der Waals surface area contributed by atoms with Gasteiger partial charge in [-0.25, -0.2) is 74.9 Å². The van der Waals surface area contributed by atoms with Crippen molar-refractivity contribution < 1.29 is 0 Å². The van der Waals surface area contributed by atoms with Gasteiger partial charge >= 0.3 is 0 Å². The third kappa shape index (κ3) is 37.9. The number of hydrogen-bond acceptors (Lipinski definition) is 38. The molecule has 48 heteroatoms. The van der Waals surface area contributed by atoms with Gasteiger partial charge < -0.3 is 83.8 Å². The summed E-state index contributed by atoms with van der Waals surface area (Å²) in [4.78, 5) is 82.7. The van der Waals surface area contributed by atoms with E-state index in [9.17, 15) is 0 Å². The van der Waals surface area contributed by atoms with E-state index in [2.05, 4.69) is 168 Å². The van der Waals surface area contributed by atoms with Crippen molar-refractivity contribution in [2.24, 2.45) is 97.1 Å². The maximum absolute atomic E-state index is 5.93. The molecule has 8 heterocycles. The van der Waals surface area contributed by atoms with Gasteiger partial charge in [-0.3, -0.25) is 47.1 Å². The van der Waals surface area contributed by atoms with Gasteiger partial charge in [0.2, 0.25) is 65.6 Å². The predicted octanol–water partition coefficient (Wildman–Crippen LogP) is 14.5. The molecule has 8 aromatic carbocycles. The first kappa shape index (κ1) is 112. The van der Waals surface area contributed by atoms with E-state index in [0.29, 0.717) is 95.8 Å². The zero-order valence-corrected chi connectivity index (χ0v) is 88.8. The SMILES string of the molecule is CC1N=C(N(C)C)N(C)C(N(C)c2ccc(Cl)cc2)=N1.CC1N=C(N(C)C)NC(N(C)c2ccc(Cl)cc2)=N1.CC1N=C(N)NC(N(C)c2ccc(Cl)cc2)=N1.CC1N=C(N)NC(Nc2ccc(Cl)cc2)=N1.CC1N=C(N)NC(Nc2cccc(Cl)c2)=N1.CC1N=C(Nc2ccc(Cl)cc2)NC(N(C)C)=N1.CC1N=C(Nc2ccc(Cl)cc2)NC(NC(C)C)=N1.CN=C1NC(Nc2ccc(Cl)cc2)=NC(C)N1. The number of halogens is 8. The molecule has 0 radical (unpaired) electrons. The van der Waals surface area contributed by atoms with Gasteiger partial charge in [0, 0.05) is 169 Å². The lowest BCUT2D eigenvalue weighted by atomic mass is 10.3. The van der Waals surface area contributed by atoms with Crippen molar-refractivity contribution in [1.29, 1.82) is 0 Å². The molecule has 8 unspecified atom stereocenters. The van der Waals surface area contributed by atoms with Crippen LogP contribution in [0, 0.1) is 0 Å². The van der Waals surface area contributed by atoms with Crippen LogP contribution in [0.1, 0.15) is 69.2 Å². The van der Waals surface area contributed by atoms with E-state index >= 15 is 0 Å². The monoisotopic (exact) mass is 2090 g/mol. The summed E-state index contributed by atoms with van der Waals surface area (Å²) in [7, 11) is 21.3. The third-order valence-corrected chi connectivity index (χ3v) is 21.3. The lowest BCUT2D eigenvalue weighted by molar-refractivity contribution is 0.499. The number of guanidine groups is 16. The van der Waals surface area contributed by atoms with Crippen LogP contribution < -0.4 is 106 Å². The molecule has 0 aliphatic carbocycles. The molecule has 756 valence electrons. The molecule has 0 amide bonds. The van der Waals surface area contributed by atoms with E-state index < -0.39 is 0 Å². The van der Waals surface area contributed by atoms with Gasteiger partial charge in [-0.2, -0.15) is 0 Å². The second-order valence-electron chi connectivity index (χ2n) is 32.6. The molecule has 8 aromatic rings. The molecule has 8 aliphatic rings. The first-order valence-electron chi connectivity index (χ1n) is 44.6. The summed E-state index contributed by atoms with van der Waals surface area (Å²) in [6.45, 7) is 19.5. The molecule has 0 saturated carbocycles. The summed E-state index contributed by atoms with van der Waals surface area (Å²) in [6, 6.07) is 60.2. The average molecular weight is 2100 g/mol. The van der Waals surface area contributed by atoms with Crippen LogP contribution in [0.15, 0.2) is 274 Å². The molecule has 0 spiro atoms. The maximum Gasteiger partial charge on any atom is 0.209 e. The van der Waals surface area contributed by atoms with E-state index in [1.165, 1.54) is 0 Å². The molecule has 40 nitrogen and oxygen atoms in total. The first-order valence-corrected chi connectivity index (χ1v) is 47.7. The normalized spacial score (nSPS) is 19.1. The smallest absolute Gasteiger partial charge is 0.209 e. The van der Waals surface area contributed by atoms with E-state index in [0.717, 1.165) is 91.3 Å². The number of nitrogens with zero attached hydrogens (tertiary/aromatic N) is 23. The van der Waals surface area contributed by atoms with Crippen molar-refractivity contribution in [1.82, 2.24) is 67.5 Å². The number of hydrogen-bond donors (Lipinski definition) is 17. The highest BCUT2D eigenvalue weighted by Crippen LogP contribution is 2.26. The van der Waals surface area contributed by atoms with Crippen LogP contribution in [-0.2, 0) is 0 Å². The van der Waals surface area contributed by atoms with Crippen LogP contribution in [0.4, 0.5) is 45.5 Å². The van der Waals surface area contributed by atoms with Crippen molar-refractivity contribution in [3.8, 4) is 0 Å². The molecular weight excluding hydrogens is 1970 g/mol. The number of anilines is 8. The summed E-state index contributed by atoms with van der Waals surface area (Å²) >= 11 is 46.9. The molecular formula is C94H124Cl8N40. The average Bonchev–Trinajstić information content (AvgIpc) is 0.799. The Labute approximate surface area is 869 Å². The van der Waals surface area contributed by atoms with E-state index in [1.54, 1.807) is 31.3 Å². The minimum absolute atomic E-state index is 0.00949. The largest absolute Gasteiger partial charge is 0.370 e. The summed E-state index contributed by atoms with van der Waals surface area (Å²) in [5.74, 6) is 10.5. The van der Waals surface area contributed by atoms with Crippen LogP contribution in [0.25, 0.3) is 0 Å². The molecule has 0 fully saturated rings.